The maximum atomic E-state index is 12.8. The van der Waals surface area contributed by atoms with Crippen molar-refractivity contribution in [3.63, 3.8) is 0 Å². The second-order valence-corrected chi connectivity index (χ2v) is 6.16. The maximum Gasteiger partial charge on any atom is 0.226 e. The van der Waals surface area contributed by atoms with E-state index in [2.05, 4.69) is 10.2 Å². The van der Waals surface area contributed by atoms with Gasteiger partial charge in [0, 0.05) is 24.5 Å². The van der Waals surface area contributed by atoms with E-state index in [1.165, 1.54) is 19.3 Å². The Hall–Kier alpha value is -0.610. The van der Waals surface area contributed by atoms with Crippen molar-refractivity contribution in [3.05, 3.63) is 0 Å². The molecule has 1 heterocycles. The van der Waals surface area contributed by atoms with Crippen LogP contribution < -0.4 is 11.1 Å². The average molecular weight is 251 g/mol. The number of carbonyl (C=O) groups excluding carboxylic acids is 1. The van der Waals surface area contributed by atoms with Crippen molar-refractivity contribution in [2.45, 2.75) is 50.6 Å². The van der Waals surface area contributed by atoms with Crippen molar-refractivity contribution < 1.29 is 4.79 Å². The molecule has 0 aromatic heterocycles. The first-order chi connectivity index (χ1) is 8.81. The first-order valence-corrected chi connectivity index (χ1v) is 7.54. The van der Waals surface area contributed by atoms with Gasteiger partial charge in [0.05, 0.1) is 0 Å². The summed E-state index contributed by atoms with van der Waals surface area (Å²) in [7, 11) is 0. The standard InChI is InChI=1S/C14H25N3O/c15-8-10-2-1-3-13(10)14(18)17(11-4-5-11)12-6-7-16-9-12/h10-13,16H,1-9,15H2/t10-,12?,13-/m1/s1. The van der Waals surface area contributed by atoms with Gasteiger partial charge in [-0.2, -0.15) is 0 Å². The molecule has 0 bridgehead atoms. The number of hydrogen-bond acceptors (Lipinski definition) is 3. The summed E-state index contributed by atoms with van der Waals surface area (Å²) in [5, 5.41) is 3.39. The predicted molar refractivity (Wildman–Crippen MR) is 71.0 cm³/mol. The Morgan fingerprint density at radius 3 is 2.61 bits per heavy atom. The number of hydrogen-bond donors (Lipinski definition) is 2. The molecular weight excluding hydrogens is 226 g/mol. The quantitative estimate of drug-likeness (QED) is 0.774. The Labute approximate surface area is 109 Å². The average Bonchev–Trinajstić information content (AvgIpc) is 2.91. The van der Waals surface area contributed by atoms with Gasteiger partial charge in [-0.15, -0.1) is 0 Å². The minimum absolute atomic E-state index is 0.219. The van der Waals surface area contributed by atoms with Gasteiger partial charge in [-0.3, -0.25) is 4.79 Å². The van der Waals surface area contributed by atoms with Crippen LogP contribution in [0.1, 0.15) is 38.5 Å². The second-order valence-electron chi connectivity index (χ2n) is 6.16. The van der Waals surface area contributed by atoms with Gasteiger partial charge in [-0.05, 0) is 51.1 Å². The van der Waals surface area contributed by atoms with Gasteiger partial charge in [0.1, 0.15) is 0 Å². The molecule has 0 radical (unpaired) electrons. The van der Waals surface area contributed by atoms with Gasteiger partial charge in [0.15, 0.2) is 0 Å². The molecule has 1 aliphatic heterocycles. The lowest BCUT2D eigenvalue weighted by molar-refractivity contribution is -0.139. The minimum atomic E-state index is 0.219. The molecular formula is C14H25N3O. The van der Waals surface area contributed by atoms with E-state index in [-0.39, 0.29) is 5.92 Å². The molecule has 3 atom stereocenters. The van der Waals surface area contributed by atoms with Crippen LogP contribution in [0, 0.1) is 11.8 Å². The first kappa shape index (κ1) is 12.4. The number of nitrogens with two attached hydrogens (primary N) is 1. The number of nitrogens with one attached hydrogen (secondary N) is 1. The Morgan fingerprint density at radius 2 is 2.00 bits per heavy atom. The molecule has 0 aromatic rings. The lowest BCUT2D eigenvalue weighted by atomic mass is 9.94. The van der Waals surface area contributed by atoms with Crippen molar-refractivity contribution in [2.24, 2.45) is 17.6 Å². The van der Waals surface area contributed by atoms with Gasteiger partial charge in [-0.25, -0.2) is 0 Å². The fraction of sp³-hybridized carbons (Fsp3) is 0.929. The molecule has 102 valence electrons. The Kier molecular flexibility index (Phi) is 3.57. The van der Waals surface area contributed by atoms with E-state index < -0.39 is 0 Å². The van der Waals surface area contributed by atoms with Crippen molar-refractivity contribution >= 4 is 5.91 Å². The van der Waals surface area contributed by atoms with Crippen LogP contribution in [0.15, 0.2) is 0 Å². The number of amides is 1. The zero-order valence-corrected chi connectivity index (χ0v) is 11.1. The molecule has 3 N–H and O–H groups in total. The van der Waals surface area contributed by atoms with E-state index in [0.717, 1.165) is 32.4 Å². The van der Waals surface area contributed by atoms with E-state index in [4.69, 9.17) is 5.73 Å². The van der Waals surface area contributed by atoms with Crippen LogP contribution in [-0.4, -0.2) is 42.5 Å². The SMILES string of the molecule is NC[C@H]1CCC[C@H]1C(=O)N(C1CC1)C1CCNC1. The molecule has 1 saturated heterocycles. The Bertz CT molecular complexity index is 310. The summed E-state index contributed by atoms with van der Waals surface area (Å²) < 4.78 is 0. The zero-order chi connectivity index (χ0) is 12.5. The van der Waals surface area contributed by atoms with Crippen molar-refractivity contribution in [2.75, 3.05) is 19.6 Å². The number of nitrogens with zero attached hydrogens (tertiary/aromatic N) is 1. The second kappa shape index (κ2) is 5.17. The lowest BCUT2D eigenvalue weighted by Crippen LogP contribution is -2.47. The molecule has 2 saturated carbocycles. The molecule has 3 rings (SSSR count). The van der Waals surface area contributed by atoms with E-state index in [0.29, 0.717) is 30.5 Å². The van der Waals surface area contributed by atoms with Gasteiger partial charge >= 0.3 is 0 Å². The number of carbonyl (C=O) groups is 1. The van der Waals surface area contributed by atoms with Crippen LogP contribution in [0.3, 0.4) is 0 Å². The molecule has 4 nitrogen and oxygen atoms in total. The van der Waals surface area contributed by atoms with Crippen LogP contribution in [0.25, 0.3) is 0 Å². The van der Waals surface area contributed by atoms with Gasteiger partial charge in [0.2, 0.25) is 5.91 Å². The maximum absolute atomic E-state index is 12.8. The van der Waals surface area contributed by atoms with Gasteiger partial charge < -0.3 is 16.0 Å². The van der Waals surface area contributed by atoms with Crippen LogP contribution >= 0.6 is 0 Å². The van der Waals surface area contributed by atoms with Gasteiger partial charge in [0.25, 0.3) is 0 Å². The molecule has 18 heavy (non-hydrogen) atoms. The molecule has 0 spiro atoms. The van der Waals surface area contributed by atoms with Crippen LogP contribution in [0.5, 0.6) is 0 Å². The summed E-state index contributed by atoms with van der Waals surface area (Å²) in [5.41, 5.74) is 5.82. The third kappa shape index (κ3) is 2.28. The summed E-state index contributed by atoms with van der Waals surface area (Å²) in [6, 6.07) is 0.991. The van der Waals surface area contributed by atoms with Crippen LogP contribution in [-0.2, 0) is 4.79 Å². The fourth-order valence-corrected chi connectivity index (χ4v) is 3.72. The van der Waals surface area contributed by atoms with Crippen molar-refractivity contribution in [3.8, 4) is 0 Å². The zero-order valence-electron chi connectivity index (χ0n) is 11.1. The Morgan fingerprint density at radius 1 is 1.17 bits per heavy atom. The van der Waals surface area contributed by atoms with E-state index >= 15 is 0 Å². The first-order valence-electron chi connectivity index (χ1n) is 7.54. The highest BCUT2D eigenvalue weighted by Crippen LogP contribution is 2.37. The topological polar surface area (TPSA) is 58.4 Å². The monoisotopic (exact) mass is 251 g/mol. The predicted octanol–water partition coefficient (Wildman–Crippen LogP) is 0.714. The normalized spacial score (nSPS) is 35.9. The summed E-state index contributed by atoms with van der Waals surface area (Å²) in [6.45, 7) is 2.73. The third-order valence-electron chi connectivity index (χ3n) is 4.90. The molecule has 3 aliphatic rings. The van der Waals surface area contributed by atoms with Gasteiger partial charge in [-0.1, -0.05) is 6.42 Å². The highest BCUT2D eigenvalue weighted by molar-refractivity contribution is 5.80. The molecule has 1 amide bonds. The number of rotatable bonds is 4. The largest absolute Gasteiger partial charge is 0.335 e. The molecule has 1 unspecified atom stereocenters. The Balaban J connectivity index is 1.71. The summed E-state index contributed by atoms with van der Waals surface area (Å²) in [4.78, 5) is 15.1. The lowest BCUT2D eigenvalue weighted by Gasteiger charge is -2.32. The fourth-order valence-electron chi connectivity index (χ4n) is 3.72. The highest BCUT2D eigenvalue weighted by Gasteiger charge is 2.43. The molecule has 4 heteroatoms. The summed E-state index contributed by atoms with van der Waals surface area (Å²) in [5.74, 6) is 1.07. The van der Waals surface area contributed by atoms with Crippen molar-refractivity contribution in [1.29, 1.82) is 0 Å². The molecule has 3 fully saturated rings. The minimum Gasteiger partial charge on any atom is -0.335 e. The molecule has 0 aromatic carbocycles. The van der Waals surface area contributed by atoms with E-state index in [9.17, 15) is 4.79 Å². The summed E-state index contributed by atoms with van der Waals surface area (Å²) in [6.07, 6.45) is 6.94. The van der Waals surface area contributed by atoms with Crippen LogP contribution in [0.2, 0.25) is 0 Å². The van der Waals surface area contributed by atoms with Crippen LogP contribution in [0.4, 0.5) is 0 Å². The summed E-state index contributed by atoms with van der Waals surface area (Å²) >= 11 is 0. The highest BCUT2D eigenvalue weighted by atomic mass is 16.2. The van der Waals surface area contributed by atoms with E-state index in [1.54, 1.807) is 0 Å². The smallest absolute Gasteiger partial charge is 0.226 e. The van der Waals surface area contributed by atoms with Crippen molar-refractivity contribution in [1.82, 2.24) is 10.2 Å². The molecule has 2 aliphatic carbocycles. The van der Waals surface area contributed by atoms with E-state index in [1.807, 2.05) is 0 Å². The third-order valence-corrected chi connectivity index (χ3v) is 4.90.